The molecule has 0 bridgehead atoms. The van der Waals surface area contributed by atoms with Crippen molar-refractivity contribution >= 4 is 65.2 Å². The van der Waals surface area contributed by atoms with Crippen molar-refractivity contribution in [1.82, 2.24) is 44.1 Å². The largest absolute Gasteiger partial charge is 0.481 e. The Hall–Kier alpha value is -6.77. The quantitative estimate of drug-likeness (QED) is 0.0309. The Balaban J connectivity index is -0.00000144. The SMILES string of the molecule is CC(C)CN(C(=O)CCCCCC(=O)O)C(C)C.CC(C)CN(C(=O)CCCCCCCN)C(C)C.CC(C)CN(C(=O)CCCCN)C(C)C.CC(C)N(CC(C)(C)C)C(=O)C1=C(C(=O)O)CCC1.CC(C)N(CC(C)(C)C)C(=O)C1=C(C(=O)O)CCCC1.CC(C)N(CC(C)(C)C)C(=O)C1=CCCN(C)C1.CC(C)N(CC(C)(C)C)C(=O)C1CCN(CC(=O)O)CC1. The van der Waals surface area contributed by atoms with Crippen LogP contribution < -0.4 is 11.5 Å². The van der Waals surface area contributed by atoms with Crippen molar-refractivity contribution in [3.63, 3.8) is 0 Å². The van der Waals surface area contributed by atoms with E-state index in [1.165, 1.54) is 12.8 Å². The fourth-order valence-corrected chi connectivity index (χ4v) is 15.5. The van der Waals surface area contributed by atoms with Crippen LogP contribution in [0.4, 0.5) is 0 Å². The fraction of sp³-hybridized carbons (Fsp3) is 0.835. The molecule has 2 heterocycles. The summed E-state index contributed by atoms with van der Waals surface area (Å²) in [5.74, 6) is -0.809. The molecule has 1 saturated heterocycles. The summed E-state index contributed by atoms with van der Waals surface area (Å²) in [6.07, 6.45) is 21.2. The van der Waals surface area contributed by atoms with E-state index in [1.807, 2.05) is 75.8 Å². The Morgan fingerprint density at radius 1 is 0.364 bits per heavy atom. The number of nitrogens with two attached hydrogens (primary N) is 2. The first kappa shape index (κ1) is 126. The lowest BCUT2D eigenvalue weighted by Crippen LogP contribution is -2.48. The van der Waals surface area contributed by atoms with Gasteiger partial charge in [-0.2, -0.15) is 0 Å². The van der Waals surface area contributed by atoms with E-state index >= 15 is 0 Å². The smallest absolute Gasteiger partial charge is 0.332 e. The van der Waals surface area contributed by atoms with Gasteiger partial charge in [0, 0.05) is 161 Å². The molecule has 26 heteroatoms. The van der Waals surface area contributed by atoms with E-state index in [-0.39, 0.29) is 106 Å². The molecule has 0 aromatic heterocycles. The number of piperidine rings is 1. The van der Waals surface area contributed by atoms with Gasteiger partial charge in [-0.1, -0.05) is 156 Å². The zero-order valence-corrected chi connectivity index (χ0v) is 88.3. The summed E-state index contributed by atoms with van der Waals surface area (Å²) in [5.41, 5.74) is 13.7. The molecular weight excluding hydrogens is 1630 g/mol. The summed E-state index contributed by atoms with van der Waals surface area (Å²) in [7, 11) is 2.07. The fourth-order valence-electron chi connectivity index (χ4n) is 15.5. The maximum absolute atomic E-state index is 12.7. The molecule has 0 saturated carbocycles. The van der Waals surface area contributed by atoms with Gasteiger partial charge in [-0.3, -0.25) is 48.1 Å². The maximum atomic E-state index is 12.7. The van der Waals surface area contributed by atoms with E-state index in [4.69, 9.17) is 26.8 Å². The number of carboxylic acids is 4. The second-order valence-corrected chi connectivity index (χ2v) is 44.3. The van der Waals surface area contributed by atoms with Crippen LogP contribution >= 0.6 is 0 Å². The topological polar surface area (TPSA) is 350 Å². The van der Waals surface area contributed by atoms with Crippen LogP contribution in [0.1, 0.15) is 376 Å². The number of carbonyl (C=O) groups is 11. The highest BCUT2D eigenvalue weighted by molar-refractivity contribution is 6.03. The summed E-state index contributed by atoms with van der Waals surface area (Å²) in [6.45, 7) is 77.1. The zero-order valence-electron chi connectivity index (χ0n) is 88.3. The van der Waals surface area contributed by atoms with Gasteiger partial charge in [0.05, 0.1) is 6.54 Å². The molecule has 0 unspecified atom stereocenters. The van der Waals surface area contributed by atoms with Crippen LogP contribution in [-0.2, 0) is 52.7 Å². The second-order valence-electron chi connectivity index (χ2n) is 44.3. The van der Waals surface area contributed by atoms with E-state index in [0.717, 1.165) is 141 Å². The normalized spacial score (nSPS) is 14.8. The van der Waals surface area contributed by atoms with Gasteiger partial charge in [0.1, 0.15) is 0 Å². The summed E-state index contributed by atoms with van der Waals surface area (Å²) < 4.78 is 0. The van der Waals surface area contributed by atoms with Gasteiger partial charge in [0.2, 0.25) is 23.6 Å². The van der Waals surface area contributed by atoms with Gasteiger partial charge in [-0.15, -0.1) is 0 Å². The van der Waals surface area contributed by atoms with Crippen LogP contribution in [-0.4, -0.2) is 271 Å². The number of unbranched alkanes of at least 4 members (excludes halogenated alkanes) is 7. The van der Waals surface area contributed by atoms with Crippen LogP contribution in [0.3, 0.4) is 0 Å². The van der Waals surface area contributed by atoms with Crippen LogP contribution in [0.5, 0.6) is 0 Å². The third-order valence-corrected chi connectivity index (χ3v) is 22.0. The predicted octanol–water partition coefficient (Wildman–Crippen LogP) is 18.8. The second kappa shape index (κ2) is 65.0. The minimum absolute atomic E-state index is 0.00144. The third kappa shape index (κ3) is 58.8. The number of hydrogen-bond donors (Lipinski definition) is 6. The van der Waals surface area contributed by atoms with Gasteiger partial charge in [0.25, 0.3) is 17.7 Å². The molecule has 0 atom stereocenters. The average Bonchev–Trinajstić information content (AvgIpc) is 1.39. The molecule has 7 amide bonds. The van der Waals surface area contributed by atoms with Gasteiger partial charge < -0.3 is 71.1 Å². The highest BCUT2D eigenvalue weighted by Gasteiger charge is 2.36. The van der Waals surface area contributed by atoms with Crippen molar-refractivity contribution in [3.8, 4) is 0 Å². The lowest BCUT2D eigenvalue weighted by molar-refractivity contribution is -0.142. The number of aliphatic carboxylic acids is 4. The number of rotatable bonds is 42. The molecule has 0 radical (unpaired) electrons. The summed E-state index contributed by atoms with van der Waals surface area (Å²) >= 11 is 0. The minimum atomic E-state index is -0.944. The van der Waals surface area contributed by atoms with Crippen LogP contribution in [0, 0.1) is 45.3 Å². The molecule has 4 aliphatic rings. The number of hydrogen-bond acceptors (Lipinski definition) is 15. The number of amides is 7. The van der Waals surface area contributed by atoms with E-state index in [2.05, 4.69) is 198 Å². The van der Waals surface area contributed by atoms with Crippen molar-refractivity contribution in [3.05, 3.63) is 33.9 Å². The zero-order chi connectivity index (χ0) is 100. The Labute approximate surface area is 785 Å². The lowest BCUT2D eigenvalue weighted by Gasteiger charge is -2.38. The van der Waals surface area contributed by atoms with E-state index in [1.54, 1.807) is 4.90 Å². The monoisotopic (exact) mass is 1830 g/mol. The predicted molar refractivity (Wildman–Crippen MR) is 529 cm³/mol. The molecule has 0 spiro atoms. The lowest BCUT2D eigenvalue weighted by atomic mass is 9.89. The number of carboxylic acid groups (broad SMARTS) is 4. The summed E-state index contributed by atoms with van der Waals surface area (Å²) in [6, 6.07) is 1.47. The molecule has 129 heavy (non-hydrogen) atoms. The Morgan fingerprint density at radius 3 is 0.961 bits per heavy atom. The number of likely N-dealkylation sites (tertiary alicyclic amines) is 1. The third-order valence-electron chi connectivity index (χ3n) is 22.0. The van der Waals surface area contributed by atoms with Crippen molar-refractivity contribution in [2.45, 2.75) is 418 Å². The van der Waals surface area contributed by atoms with Gasteiger partial charge in [-0.05, 0) is 272 Å². The van der Waals surface area contributed by atoms with Gasteiger partial charge in [0.15, 0.2) is 0 Å². The van der Waals surface area contributed by atoms with E-state index < -0.39 is 23.9 Å². The Morgan fingerprint density at radius 2 is 0.651 bits per heavy atom. The van der Waals surface area contributed by atoms with E-state index in [0.29, 0.717) is 142 Å². The molecule has 0 aromatic carbocycles. The standard InChI is InChI=1S/C16H30N2O3.C16H27NO3.C15H28N2O.C15H32N2O.C15H25NO3.C14H27NO3.C12H26N2O/c1-12(2)18(11-16(3,4)5)15(21)13-6-8-17(9-7-13)10-14(19)20;1-11(2)17(10-16(3,4)5)14(18)12-8-6-7-9-13(12)15(19)20;1-12(2)17(11-15(3,4)5)14(18)13-8-7-9-16(6)10-13;1-13(2)12-17(14(3)4)15(18)10-8-6-5-7-9-11-16;1-10(2)16(9-15(3,4)5)13(17)11-7-6-8-12(11)14(18)19;1-11(2)10-15(12(3)4)13(16)8-6-5-7-9-14(17)18;1-10(2)9-14(11(3)4)12(15)7-5-6-8-13/h12-13H,6-11H2,1-5H3,(H,19,20);11H,6-10H2,1-5H3,(H,19,20);8,12H,7,9-11H2,1-6H3;13-14H,5-12,16H2,1-4H3;10H,6-9H2,1-5H3,(H,18,19);11-12H,5-10H2,1-4H3,(H,17,18);10-11H,5-9,13H2,1-4H3. The van der Waals surface area contributed by atoms with Crippen LogP contribution in [0.25, 0.3) is 0 Å². The first-order valence-electron chi connectivity index (χ1n) is 49.3. The molecule has 2 aliphatic carbocycles. The molecule has 4 rings (SSSR count). The molecule has 8 N–H and O–H groups in total. The maximum Gasteiger partial charge on any atom is 0.332 e. The first-order valence-corrected chi connectivity index (χ1v) is 49.3. The van der Waals surface area contributed by atoms with E-state index in [9.17, 15) is 57.8 Å². The van der Waals surface area contributed by atoms with Crippen molar-refractivity contribution < 1.29 is 73.2 Å². The highest BCUT2D eigenvalue weighted by Crippen LogP contribution is 2.33. The molecule has 1 fully saturated rings. The number of carbonyl (C=O) groups excluding carboxylic acids is 7. The van der Waals surface area contributed by atoms with Gasteiger partial charge >= 0.3 is 23.9 Å². The minimum Gasteiger partial charge on any atom is -0.481 e. The molecule has 2 aliphatic heterocycles. The van der Waals surface area contributed by atoms with Crippen LogP contribution in [0.2, 0.25) is 0 Å². The Kier molecular flexibility index (Phi) is 63.6. The Bertz CT molecular complexity index is 3370. The van der Waals surface area contributed by atoms with Crippen LogP contribution in [0.15, 0.2) is 33.9 Å². The highest BCUT2D eigenvalue weighted by atomic mass is 16.4. The molecule has 26 nitrogen and oxygen atoms in total. The van der Waals surface area contributed by atoms with Crippen molar-refractivity contribution in [1.29, 1.82) is 0 Å². The summed E-state index contributed by atoms with van der Waals surface area (Å²) in [4.78, 5) is 148. The molecule has 0 aromatic rings. The van der Waals surface area contributed by atoms with Gasteiger partial charge in [-0.25, -0.2) is 9.59 Å². The summed E-state index contributed by atoms with van der Waals surface area (Å²) in [5, 5.41) is 35.8. The first-order chi connectivity index (χ1) is 59.4. The molecular formula is C103H195N11O15. The van der Waals surface area contributed by atoms with Crippen molar-refractivity contribution in [2.24, 2.45) is 56.8 Å². The molecule has 752 valence electrons. The average molecular weight is 1830 g/mol. The number of likely N-dealkylation sites (N-methyl/N-ethyl adjacent to an activating group) is 1. The van der Waals surface area contributed by atoms with Crippen molar-refractivity contribution in [2.75, 3.05) is 98.7 Å². The number of nitrogens with zero attached hydrogens (tertiary/aromatic N) is 9.